The van der Waals surface area contributed by atoms with Gasteiger partial charge in [-0.25, -0.2) is 0 Å². The van der Waals surface area contributed by atoms with Crippen LogP contribution in [0.2, 0.25) is 0 Å². The number of nitrogens with zero attached hydrogens (tertiary/aromatic N) is 1. The van der Waals surface area contributed by atoms with Crippen molar-refractivity contribution in [1.82, 2.24) is 9.03 Å². The highest BCUT2D eigenvalue weighted by Crippen LogP contribution is 2.22. The number of ether oxygens (including phenoxy) is 1. The van der Waals surface area contributed by atoms with E-state index >= 15 is 0 Å². The highest BCUT2D eigenvalue weighted by Gasteiger charge is 2.35. The molecule has 1 saturated heterocycles. The molecule has 2 aliphatic rings. The SMILES string of the molecule is CC1CN(S(=O)(=O)NC2CC2)CC(CN)O1. The second-order valence-corrected chi connectivity index (χ2v) is 6.22. The van der Waals surface area contributed by atoms with E-state index in [0.717, 1.165) is 12.8 Å². The van der Waals surface area contributed by atoms with Crippen molar-refractivity contribution in [2.24, 2.45) is 5.73 Å². The maximum Gasteiger partial charge on any atom is 0.279 e. The van der Waals surface area contributed by atoms with Gasteiger partial charge in [-0.15, -0.1) is 0 Å². The molecule has 6 nitrogen and oxygen atoms in total. The van der Waals surface area contributed by atoms with Crippen LogP contribution in [0, 0.1) is 0 Å². The Hall–Kier alpha value is -0.210. The summed E-state index contributed by atoms with van der Waals surface area (Å²) >= 11 is 0. The predicted molar refractivity (Wildman–Crippen MR) is 60.0 cm³/mol. The van der Waals surface area contributed by atoms with E-state index in [2.05, 4.69) is 4.72 Å². The molecule has 0 aromatic carbocycles. The van der Waals surface area contributed by atoms with Crippen molar-refractivity contribution in [2.45, 2.75) is 38.0 Å². The molecule has 3 N–H and O–H groups in total. The molecule has 7 heteroatoms. The van der Waals surface area contributed by atoms with Crippen LogP contribution in [0.15, 0.2) is 0 Å². The van der Waals surface area contributed by atoms with E-state index in [4.69, 9.17) is 10.5 Å². The highest BCUT2D eigenvalue weighted by atomic mass is 32.2. The molecule has 0 bridgehead atoms. The molecule has 1 saturated carbocycles. The maximum absolute atomic E-state index is 12.0. The van der Waals surface area contributed by atoms with Gasteiger partial charge in [0.1, 0.15) is 0 Å². The first kappa shape index (κ1) is 12.3. The average Bonchev–Trinajstić information content (AvgIpc) is 3.00. The Morgan fingerprint density at radius 3 is 2.69 bits per heavy atom. The van der Waals surface area contributed by atoms with E-state index in [1.165, 1.54) is 4.31 Å². The molecule has 94 valence electrons. The lowest BCUT2D eigenvalue weighted by atomic mass is 10.2. The Bertz CT molecular complexity index is 342. The van der Waals surface area contributed by atoms with Gasteiger partial charge >= 0.3 is 0 Å². The zero-order valence-electron chi connectivity index (χ0n) is 9.43. The topological polar surface area (TPSA) is 84.7 Å². The van der Waals surface area contributed by atoms with Crippen LogP contribution < -0.4 is 10.5 Å². The van der Waals surface area contributed by atoms with Gasteiger partial charge in [0, 0.05) is 25.7 Å². The third-order valence-corrected chi connectivity index (χ3v) is 4.40. The lowest BCUT2D eigenvalue weighted by Crippen LogP contribution is -2.54. The largest absolute Gasteiger partial charge is 0.371 e. The summed E-state index contributed by atoms with van der Waals surface area (Å²) in [5.41, 5.74) is 5.52. The minimum absolute atomic E-state index is 0.0990. The molecule has 1 aliphatic heterocycles. The van der Waals surface area contributed by atoms with Gasteiger partial charge in [-0.2, -0.15) is 17.4 Å². The predicted octanol–water partition coefficient (Wildman–Crippen LogP) is -0.969. The van der Waals surface area contributed by atoms with Crippen molar-refractivity contribution in [3.8, 4) is 0 Å². The minimum Gasteiger partial charge on any atom is -0.371 e. The van der Waals surface area contributed by atoms with Crippen LogP contribution in [0.3, 0.4) is 0 Å². The molecule has 0 aromatic rings. The number of morpholine rings is 1. The third kappa shape index (κ3) is 2.92. The van der Waals surface area contributed by atoms with Crippen LogP contribution in [0.25, 0.3) is 0 Å². The molecule has 2 atom stereocenters. The van der Waals surface area contributed by atoms with Gasteiger partial charge in [0.25, 0.3) is 10.2 Å². The standard InChI is InChI=1S/C9H19N3O3S/c1-7-5-12(6-9(4-10)15-7)16(13,14)11-8-2-3-8/h7-9,11H,2-6,10H2,1H3. The van der Waals surface area contributed by atoms with E-state index < -0.39 is 10.2 Å². The van der Waals surface area contributed by atoms with Gasteiger partial charge in [-0.05, 0) is 19.8 Å². The van der Waals surface area contributed by atoms with Gasteiger partial charge < -0.3 is 10.5 Å². The maximum atomic E-state index is 12.0. The quantitative estimate of drug-likeness (QED) is 0.671. The lowest BCUT2D eigenvalue weighted by Gasteiger charge is -2.35. The fourth-order valence-corrected chi connectivity index (χ4v) is 3.39. The Labute approximate surface area is 96.3 Å². The average molecular weight is 249 g/mol. The molecule has 16 heavy (non-hydrogen) atoms. The number of hydrogen-bond acceptors (Lipinski definition) is 4. The molecule has 2 unspecified atom stereocenters. The molecule has 0 radical (unpaired) electrons. The molecule has 1 heterocycles. The monoisotopic (exact) mass is 249 g/mol. The highest BCUT2D eigenvalue weighted by molar-refractivity contribution is 7.87. The van der Waals surface area contributed by atoms with Crippen molar-refractivity contribution < 1.29 is 13.2 Å². The zero-order valence-corrected chi connectivity index (χ0v) is 10.2. The van der Waals surface area contributed by atoms with Crippen molar-refractivity contribution in [2.75, 3.05) is 19.6 Å². The smallest absolute Gasteiger partial charge is 0.279 e. The van der Waals surface area contributed by atoms with Crippen molar-refractivity contribution in [3.63, 3.8) is 0 Å². The van der Waals surface area contributed by atoms with Gasteiger partial charge in [0.2, 0.25) is 0 Å². The van der Waals surface area contributed by atoms with E-state index in [-0.39, 0.29) is 18.2 Å². The Kier molecular flexibility index (Phi) is 3.50. The number of nitrogens with one attached hydrogen (secondary N) is 1. The van der Waals surface area contributed by atoms with Gasteiger partial charge in [-0.1, -0.05) is 0 Å². The van der Waals surface area contributed by atoms with E-state index in [0.29, 0.717) is 19.6 Å². The van der Waals surface area contributed by atoms with Gasteiger partial charge in [0.05, 0.1) is 12.2 Å². The van der Waals surface area contributed by atoms with Gasteiger partial charge in [-0.3, -0.25) is 0 Å². The van der Waals surface area contributed by atoms with Crippen LogP contribution >= 0.6 is 0 Å². The van der Waals surface area contributed by atoms with Crippen LogP contribution in [-0.2, 0) is 14.9 Å². The van der Waals surface area contributed by atoms with Crippen LogP contribution in [0.1, 0.15) is 19.8 Å². The summed E-state index contributed by atoms with van der Waals surface area (Å²) < 4.78 is 33.6. The fraction of sp³-hybridized carbons (Fsp3) is 1.00. The summed E-state index contributed by atoms with van der Waals surface area (Å²) in [7, 11) is -3.35. The van der Waals surface area contributed by atoms with E-state index in [9.17, 15) is 8.42 Å². The van der Waals surface area contributed by atoms with Crippen molar-refractivity contribution >= 4 is 10.2 Å². The van der Waals surface area contributed by atoms with Crippen molar-refractivity contribution in [3.05, 3.63) is 0 Å². The summed E-state index contributed by atoms with van der Waals surface area (Å²) in [5.74, 6) is 0. The van der Waals surface area contributed by atoms with Gasteiger partial charge in [0.15, 0.2) is 0 Å². The molecule has 2 rings (SSSR count). The van der Waals surface area contributed by atoms with Crippen LogP contribution in [-0.4, -0.2) is 50.6 Å². The number of nitrogens with two attached hydrogens (primary N) is 1. The molecular formula is C9H19N3O3S. The molecule has 0 amide bonds. The van der Waals surface area contributed by atoms with E-state index in [1.807, 2.05) is 6.92 Å². The summed E-state index contributed by atoms with van der Waals surface area (Å²) in [6, 6.07) is 0.138. The fourth-order valence-electron chi connectivity index (χ4n) is 1.82. The summed E-state index contributed by atoms with van der Waals surface area (Å²) in [6.45, 7) is 2.96. The Balaban J connectivity index is 2.01. The second kappa shape index (κ2) is 4.58. The molecular weight excluding hydrogens is 230 g/mol. The minimum atomic E-state index is -3.35. The lowest BCUT2D eigenvalue weighted by molar-refractivity contribution is -0.0489. The summed E-state index contributed by atoms with van der Waals surface area (Å²) in [5, 5.41) is 0. The number of rotatable bonds is 4. The molecule has 0 aromatic heterocycles. The molecule has 1 aliphatic carbocycles. The second-order valence-electron chi connectivity index (χ2n) is 4.52. The van der Waals surface area contributed by atoms with Crippen LogP contribution in [0.4, 0.5) is 0 Å². The van der Waals surface area contributed by atoms with Crippen molar-refractivity contribution in [1.29, 1.82) is 0 Å². The number of hydrogen-bond donors (Lipinski definition) is 2. The first-order valence-corrected chi connectivity index (χ1v) is 7.08. The van der Waals surface area contributed by atoms with E-state index in [1.54, 1.807) is 0 Å². The Morgan fingerprint density at radius 2 is 2.12 bits per heavy atom. The molecule has 0 spiro atoms. The first-order chi connectivity index (χ1) is 7.51. The summed E-state index contributed by atoms with van der Waals surface area (Å²) in [4.78, 5) is 0. The zero-order chi connectivity index (χ0) is 11.8. The normalized spacial score (nSPS) is 32.9. The van der Waals surface area contributed by atoms with Crippen LogP contribution in [0.5, 0.6) is 0 Å². The Morgan fingerprint density at radius 1 is 1.44 bits per heavy atom. The third-order valence-electron chi connectivity index (χ3n) is 2.79. The summed E-state index contributed by atoms with van der Waals surface area (Å²) in [6.07, 6.45) is 1.59. The first-order valence-electron chi connectivity index (χ1n) is 5.64. The molecule has 2 fully saturated rings.